The second-order valence-corrected chi connectivity index (χ2v) is 8.29. The normalized spacial score (nSPS) is 22.5. The van der Waals surface area contributed by atoms with Crippen molar-refractivity contribution >= 4 is 17.7 Å². The van der Waals surface area contributed by atoms with Gasteiger partial charge in [0.15, 0.2) is 0 Å². The maximum atomic E-state index is 13.5. The molecule has 170 valence electrons. The predicted octanol–water partition coefficient (Wildman–Crippen LogP) is 5.29. The fourth-order valence-electron chi connectivity index (χ4n) is 4.93. The van der Waals surface area contributed by atoms with Gasteiger partial charge in [0.2, 0.25) is 0 Å². The van der Waals surface area contributed by atoms with E-state index in [2.05, 4.69) is 10.1 Å². The van der Waals surface area contributed by atoms with Crippen LogP contribution in [0, 0.1) is 17.7 Å². The lowest BCUT2D eigenvalue weighted by Crippen LogP contribution is -2.34. The summed E-state index contributed by atoms with van der Waals surface area (Å²) in [4.78, 5) is 26.2. The largest absolute Gasteiger partial charge is 0.465 e. The lowest BCUT2D eigenvalue weighted by atomic mass is 9.91. The molecule has 1 saturated carbocycles. The van der Waals surface area contributed by atoms with Gasteiger partial charge in [0.25, 0.3) is 0 Å². The number of esters is 1. The van der Waals surface area contributed by atoms with Crippen LogP contribution in [0.3, 0.4) is 0 Å². The number of fused-ring (bicyclic) bond motifs is 1. The van der Waals surface area contributed by atoms with Crippen molar-refractivity contribution < 1.29 is 31.9 Å². The smallest absolute Gasteiger partial charge is 0.416 e. The summed E-state index contributed by atoms with van der Waals surface area (Å²) in [5, 5.41) is 2.63. The first-order valence-corrected chi connectivity index (χ1v) is 10.3. The van der Waals surface area contributed by atoms with E-state index >= 15 is 0 Å². The van der Waals surface area contributed by atoms with E-state index in [-0.39, 0.29) is 29.0 Å². The van der Waals surface area contributed by atoms with E-state index in [1.165, 1.54) is 12.1 Å². The molecule has 1 saturated heterocycles. The Hall–Kier alpha value is -3.10. The zero-order chi connectivity index (χ0) is 23.0. The van der Waals surface area contributed by atoms with Crippen LogP contribution in [0.5, 0.6) is 0 Å². The van der Waals surface area contributed by atoms with E-state index in [1.807, 2.05) is 0 Å². The average Bonchev–Trinajstić information content (AvgIpc) is 3.33. The maximum absolute atomic E-state index is 13.5. The van der Waals surface area contributed by atoms with E-state index in [1.54, 1.807) is 17.0 Å². The van der Waals surface area contributed by atoms with E-state index in [0.29, 0.717) is 31.5 Å². The lowest BCUT2D eigenvalue weighted by molar-refractivity contribution is -0.138. The first-order chi connectivity index (χ1) is 15.2. The number of benzene rings is 2. The van der Waals surface area contributed by atoms with Crippen LogP contribution in [-0.4, -0.2) is 37.1 Å². The quantitative estimate of drug-likeness (QED) is 0.511. The third kappa shape index (κ3) is 4.28. The summed E-state index contributed by atoms with van der Waals surface area (Å²) in [6.45, 7) is 0.825. The number of hydrogen-bond acceptors (Lipinski definition) is 3. The minimum Gasteiger partial charge on any atom is -0.465 e. The standard InChI is InChI=1S/C23H22F4N2O3/c1-32-21(30)18-10-16(24)6-7-20(18)28-22(31)29-11-14-8-13(9-15(14)12-29)17-4-2-3-5-19(17)23(25,26)27/h2-7,10,13-15H,8-9,11-12H2,1H3,(H,28,31)/t13-,14-,15+. The van der Waals surface area contributed by atoms with Crippen LogP contribution in [0.4, 0.5) is 28.0 Å². The Bertz CT molecular complexity index is 1030. The van der Waals surface area contributed by atoms with Crippen molar-refractivity contribution in [2.45, 2.75) is 24.9 Å². The van der Waals surface area contributed by atoms with E-state index < -0.39 is 29.6 Å². The number of rotatable bonds is 3. The highest BCUT2D eigenvalue weighted by Crippen LogP contribution is 2.48. The number of alkyl halides is 3. The lowest BCUT2D eigenvalue weighted by Gasteiger charge is -2.22. The Morgan fingerprint density at radius 2 is 1.72 bits per heavy atom. The number of likely N-dealkylation sites (tertiary alicyclic amines) is 1. The number of urea groups is 1. The molecule has 2 aliphatic rings. The number of halogens is 4. The number of anilines is 1. The molecule has 0 bridgehead atoms. The summed E-state index contributed by atoms with van der Waals surface area (Å²) in [6.07, 6.45) is -3.25. The van der Waals surface area contributed by atoms with Gasteiger partial charge in [-0.05, 0) is 60.4 Å². The molecule has 32 heavy (non-hydrogen) atoms. The number of nitrogens with zero attached hydrogens (tertiary/aromatic N) is 1. The molecule has 2 aromatic rings. The zero-order valence-corrected chi connectivity index (χ0v) is 17.3. The van der Waals surface area contributed by atoms with Gasteiger partial charge in [-0.1, -0.05) is 18.2 Å². The molecular weight excluding hydrogens is 428 g/mol. The van der Waals surface area contributed by atoms with Gasteiger partial charge in [-0.25, -0.2) is 14.0 Å². The van der Waals surface area contributed by atoms with Crippen LogP contribution in [0.25, 0.3) is 0 Å². The van der Waals surface area contributed by atoms with Crippen molar-refractivity contribution in [3.8, 4) is 0 Å². The summed E-state index contributed by atoms with van der Waals surface area (Å²) in [5.74, 6) is -1.41. The second-order valence-electron chi connectivity index (χ2n) is 8.29. The molecule has 1 heterocycles. The fourth-order valence-corrected chi connectivity index (χ4v) is 4.93. The van der Waals surface area contributed by atoms with Crippen molar-refractivity contribution in [2.24, 2.45) is 11.8 Å². The SMILES string of the molecule is COC(=O)c1cc(F)ccc1NC(=O)N1C[C@H]2C[C@@H](c3ccccc3C(F)(F)F)C[C@H]2C1. The van der Waals surface area contributed by atoms with Gasteiger partial charge in [-0.2, -0.15) is 13.2 Å². The Labute approximate surface area is 182 Å². The molecule has 0 aromatic heterocycles. The zero-order valence-electron chi connectivity index (χ0n) is 17.3. The van der Waals surface area contributed by atoms with Crippen LogP contribution in [0.2, 0.25) is 0 Å². The number of amides is 2. The van der Waals surface area contributed by atoms with Gasteiger partial charge < -0.3 is 15.0 Å². The highest BCUT2D eigenvalue weighted by atomic mass is 19.4. The molecule has 2 amide bonds. The van der Waals surface area contributed by atoms with E-state index in [0.717, 1.165) is 25.3 Å². The van der Waals surface area contributed by atoms with Crippen LogP contribution in [0.15, 0.2) is 42.5 Å². The average molecular weight is 450 g/mol. The number of ether oxygens (including phenoxy) is 1. The van der Waals surface area contributed by atoms with Gasteiger partial charge in [0.1, 0.15) is 5.82 Å². The third-order valence-corrected chi connectivity index (χ3v) is 6.37. The minimum atomic E-state index is -4.40. The third-order valence-electron chi connectivity index (χ3n) is 6.37. The summed E-state index contributed by atoms with van der Waals surface area (Å²) < 4.78 is 58.3. The van der Waals surface area contributed by atoms with Crippen molar-refractivity contribution in [3.05, 3.63) is 65.0 Å². The summed E-state index contributed by atoms with van der Waals surface area (Å²) in [7, 11) is 1.16. The molecule has 0 radical (unpaired) electrons. The Morgan fingerprint density at radius 1 is 1.06 bits per heavy atom. The first kappa shape index (κ1) is 22.1. The maximum Gasteiger partial charge on any atom is 0.416 e. The molecule has 0 unspecified atom stereocenters. The summed E-state index contributed by atoms with van der Waals surface area (Å²) in [6, 6.07) is 8.65. The monoisotopic (exact) mass is 450 g/mol. The molecule has 1 aliphatic heterocycles. The Balaban J connectivity index is 1.43. The molecule has 1 N–H and O–H groups in total. The molecule has 1 aliphatic carbocycles. The number of hydrogen-bond donors (Lipinski definition) is 1. The van der Waals surface area contributed by atoms with Crippen molar-refractivity contribution in [2.75, 3.05) is 25.5 Å². The van der Waals surface area contributed by atoms with Gasteiger partial charge in [0, 0.05) is 13.1 Å². The Kier molecular flexibility index (Phi) is 5.83. The molecular formula is C23H22F4N2O3. The molecule has 2 aromatic carbocycles. The van der Waals surface area contributed by atoms with E-state index in [9.17, 15) is 27.2 Å². The van der Waals surface area contributed by atoms with E-state index in [4.69, 9.17) is 0 Å². The summed E-state index contributed by atoms with van der Waals surface area (Å²) in [5.41, 5.74) is -0.230. The molecule has 0 spiro atoms. The topological polar surface area (TPSA) is 58.6 Å². The molecule has 3 atom stereocenters. The number of carbonyl (C=O) groups is 2. The molecule has 4 rings (SSSR count). The Morgan fingerprint density at radius 3 is 2.34 bits per heavy atom. The number of nitrogens with one attached hydrogen (secondary N) is 1. The molecule has 5 nitrogen and oxygen atoms in total. The molecule has 2 fully saturated rings. The van der Waals surface area contributed by atoms with Crippen molar-refractivity contribution in [1.82, 2.24) is 4.90 Å². The highest BCUT2D eigenvalue weighted by Gasteiger charge is 2.45. The van der Waals surface area contributed by atoms with Crippen molar-refractivity contribution in [3.63, 3.8) is 0 Å². The number of carbonyl (C=O) groups excluding carboxylic acids is 2. The van der Waals surface area contributed by atoms with Crippen LogP contribution in [0.1, 0.15) is 40.2 Å². The minimum absolute atomic E-state index is 0.0935. The first-order valence-electron chi connectivity index (χ1n) is 10.3. The van der Waals surface area contributed by atoms with Crippen LogP contribution < -0.4 is 5.32 Å². The van der Waals surface area contributed by atoms with Crippen LogP contribution in [-0.2, 0) is 10.9 Å². The second kappa shape index (κ2) is 8.44. The fraction of sp³-hybridized carbons (Fsp3) is 0.391. The van der Waals surface area contributed by atoms with Crippen LogP contribution >= 0.6 is 0 Å². The van der Waals surface area contributed by atoms with Gasteiger partial charge in [0.05, 0.1) is 23.9 Å². The van der Waals surface area contributed by atoms with Gasteiger partial charge in [-0.3, -0.25) is 0 Å². The summed E-state index contributed by atoms with van der Waals surface area (Å²) >= 11 is 0. The highest BCUT2D eigenvalue weighted by molar-refractivity contribution is 6.00. The van der Waals surface area contributed by atoms with Gasteiger partial charge in [-0.15, -0.1) is 0 Å². The van der Waals surface area contributed by atoms with Crippen molar-refractivity contribution in [1.29, 1.82) is 0 Å². The predicted molar refractivity (Wildman–Crippen MR) is 109 cm³/mol. The molecule has 9 heteroatoms. The number of methoxy groups -OCH3 is 1. The van der Waals surface area contributed by atoms with Gasteiger partial charge >= 0.3 is 18.2 Å².